The molecule has 0 spiro atoms. The Morgan fingerprint density at radius 3 is 2.48 bits per heavy atom. The van der Waals surface area contributed by atoms with Crippen molar-refractivity contribution in [3.63, 3.8) is 0 Å². The van der Waals surface area contributed by atoms with E-state index in [0.717, 1.165) is 45.6 Å². The van der Waals surface area contributed by atoms with Gasteiger partial charge in [-0.15, -0.1) is 0 Å². The molecule has 0 aromatic heterocycles. The number of hydrogen-bond acceptors (Lipinski definition) is 4. The molecule has 2 aliphatic rings. The van der Waals surface area contributed by atoms with Gasteiger partial charge in [0.25, 0.3) is 5.91 Å². The Kier molecular flexibility index (Phi) is 6.08. The molecule has 5 nitrogen and oxygen atoms in total. The maximum Gasteiger partial charge on any atom is 0.263 e. The first-order chi connectivity index (χ1) is 12.2. The maximum absolute atomic E-state index is 12.3. The summed E-state index contributed by atoms with van der Waals surface area (Å²) in [5.41, 5.74) is 1.54. The second-order valence-corrected chi connectivity index (χ2v) is 6.91. The van der Waals surface area contributed by atoms with Crippen molar-refractivity contribution in [3.8, 4) is 6.07 Å². The molecule has 132 valence electrons. The lowest BCUT2D eigenvalue weighted by atomic mass is 10.2. The number of amides is 1. The van der Waals surface area contributed by atoms with E-state index in [-0.39, 0.29) is 17.5 Å². The van der Waals surface area contributed by atoms with E-state index in [1.165, 1.54) is 18.4 Å². The molecule has 1 aromatic carbocycles. The van der Waals surface area contributed by atoms with E-state index >= 15 is 0 Å². The third-order valence-corrected chi connectivity index (χ3v) is 5.02. The minimum absolute atomic E-state index is 0.221. The first-order valence-electron chi connectivity index (χ1n) is 9.18. The molecule has 2 fully saturated rings. The number of benzene rings is 1. The van der Waals surface area contributed by atoms with Gasteiger partial charge in [-0.3, -0.25) is 9.69 Å². The van der Waals surface area contributed by atoms with Crippen LogP contribution in [0.3, 0.4) is 0 Å². The van der Waals surface area contributed by atoms with Crippen LogP contribution in [0.5, 0.6) is 0 Å². The topological polar surface area (TPSA) is 59.4 Å². The van der Waals surface area contributed by atoms with E-state index in [0.29, 0.717) is 0 Å². The molecule has 0 radical (unpaired) electrons. The van der Waals surface area contributed by atoms with E-state index in [4.69, 9.17) is 0 Å². The Hall–Kier alpha value is -2.32. The summed E-state index contributed by atoms with van der Waals surface area (Å²) in [7, 11) is 0. The quantitative estimate of drug-likeness (QED) is 0.661. The summed E-state index contributed by atoms with van der Waals surface area (Å²) in [6.07, 6.45) is 6.13. The summed E-state index contributed by atoms with van der Waals surface area (Å²) in [5.74, 6) is -0.221. The second kappa shape index (κ2) is 8.68. The number of piperazine rings is 1. The Bertz CT molecular complexity index is 635. The molecular formula is C20H26N4O. The lowest BCUT2D eigenvalue weighted by molar-refractivity contribution is -0.117. The highest BCUT2D eigenvalue weighted by Crippen LogP contribution is 2.18. The van der Waals surface area contributed by atoms with E-state index < -0.39 is 0 Å². The molecule has 1 aliphatic carbocycles. The molecule has 0 bridgehead atoms. The molecule has 0 atom stereocenters. The average Bonchev–Trinajstić information content (AvgIpc) is 3.15. The van der Waals surface area contributed by atoms with Crippen molar-refractivity contribution in [2.75, 3.05) is 26.2 Å². The zero-order valence-electron chi connectivity index (χ0n) is 14.7. The monoisotopic (exact) mass is 338 g/mol. The predicted molar refractivity (Wildman–Crippen MR) is 97.4 cm³/mol. The molecule has 25 heavy (non-hydrogen) atoms. The molecular weight excluding hydrogens is 312 g/mol. The first kappa shape index (κ1) is 17.5. The van der Waals surface area contributed by atoms with Crippen LogP contribution in [0.2, 0.25) is 0 Å². The van der Waals surface area contributed by atoms with Crippen molar-refractivity contribution in [1.29, 1.82) is 5.26 Å². The molecule has 0 unspecified atom stereocenters. The minimum atomic E-state index is -0.221. The lowest BCUT2D eigenvalue weighted by Crippen LogP contribution is -2.44. The van der Waals surface area contributed by atoms with Crippen LogP contribution in [0.4, 0.5) is 0 Å². The fraction of sp³-hybridized carbons (Fsp3) is 0.500. The third kappa shape index (κ3) is 5.07. The number of nitrogens with one attached hydrogen (secondary N) is 1. The highest BCUT2D eigenvalue weighted by Gasteiger charge is 2.21. The summed E-state index contributed by atoms with van der Waals surface area (Å²) in [5, 5.41) is 12.3. The standard InChI is InChI=1S/C20H26N4O/c21-14-18(20(25)22-19-8-4-5-9-19)16-24-12-10-23(11-13-24)15-17-6-2-1-3-7-17/h1-3,6-7,16,19H,4-5,8-13,15H2,(H,22,25)/b18-16-. The van der Waals surface area contributed by atoms with Gasteiger partial charge in [0.15, 0.2) is 0 Å². The van der Waals surface area contributed by atoms with Gasteiger partial charge in [-0.25, -0.2) is 0 Å². The molecule has 3 rings (SSSR count). The second-order valence-electron chi connectivity index (χ2n) is 6.91. The zero-order chi connectivity index (χ0) is 17.5. The van der Waals surface area contributed by atoms with Crippen molar-refractivity contribution in [1.82, 2.24) is 15.1 Å². The van der Waals surface area contributed by atoms with Crippen LogP contribution < -0.4 is 5.32 Å². The summed E-state index contributed by atoms with van der Waals surface area (Å²) >= 11 is 0. The van der Waals surface area contributed by atoms with Crippen LogP contribution in [0.25, 0.3) is 0 Å². The van der Waals surface area contributed by atoms with Crippen LogP contribution >= 0.6 is 0 Å². The van der Waals surface area contributed by atoms with Crippen LogP contribution in [-0.4, -0.2) is 47.9 Å². The normalized spacial score (nSPS) is 19.6. The number of rotatable bonds is 5. The fourth-order valence-corrected chi connectivity index (χ4v) is 3.55. The van der Waals surface area contributed by atoms with Gasteiger partial charge >= 0.3 is 0 Å². The van der Waals surface area contributed by atoms with Gasteiger partial charge in [0.1, 0.15) is 11.6 Å². The van der Waals surface area contributed by atoms with Gasteiger partial charge in [0, 0.05) is 45.0 Å². The average molecular weight is 338 g/mol. The third-order valence-electron chi connectivity index (χ3n) is 5.02. The van der Waals surface area contributed by atoms with E-state index in [1.807, 2.05) is 6.07 Å². The molecule has 1 heterocycles. The summed E-state index contributed by atoms with van der Waals surface area (Å²) < 4.78 is 0. The molecule has 1 saturated heterocycles. The molecule has 1 N–H and O–H groups in total. The van der Waals surface area contributed by atoms with Crippen molar-refractivity contribution < 1.29 is 4.79 Å². The zero-order valence-corrected chi connectivity index (χ0v) is 14.7. The van der Waals surface area contributed by atoms with Crippen LogP contribution in [-0.2, 0) is 11.3 Å². The number of hydrogen-bond donors (Lipinski definition) is 1. The van der Waals surface area contributed by atoms with Crippen molar-refractivity contribution in [3.05, 3.63) is 47.7 Å². The summed E-state index contributed by atoms with van der Waals surface area (Å²) in [6.45, 7) is 4.51. The maximum atomic E-state index is 12.3. The predicted octanol–water partition coefficient (Wildman–Crippen LogP) is 2.27. The highest BCUT2D eigenvalue weighted by molar-refractivity contribution is 5.97. The number of carbonyl (C=O) groups excluding carboxylic acids is 1. The van der Waals surface area contributed by atoms with Gasteiger partial charge in [-0.1, -0.05) is 43.2 Å². The van der Waals surface area contributed by atoms with Gasteiger partial charge in [0.2, 0.25) is 0 Å². The molecule has 1 aromatic rings. The van der Waals surface area contributed by atoms with Crippen LogP contribution in [0.15, 0.2) is 42.1 Å². The Morgan fingerprint density at radius 2 is 1.84 bits per heavy atom. The SMILES string of the molecule is N#C/C(=C/N1CCN(Cc2ccccc2)CC1)C(=O)NC1CCCC1. The van der Waals surface area contributed by atoms with Crippen molar-refractivity contribution >= 4 is 5.91 Å². The van der Waals surface area contributed by atoms with Crippen molar-refractivity contribution in [2.45, 2.75) is 38.3 Å². The van der Waals surface area contributed by atoms with Gasteiger partial charge in [-0.2, -0.15) is 5.26 Å². The minimum Gasteiger partial charge on any atom is -0.374 e. The summed E-state index contributed by atoms with van der Waals surface area (Å²) in [6, 6.07) is 12.8. The van der Waals surface area contributed by atoms with E-state index in [2.05, 4.69) is 45.5 Å². The Balaban J connectivity index is 1.49. The molecule has 1 saturated carbocycles. The van der Waals surface area contributed by atoms with Crippen LogP contribution in [0, 0.1) is 11.3 Å². The van der Waals surface area contributed by atoms with Gasteiger partial charge in [-0.05, 0) is 18.4 Å². The highest BCUT2D eigenvalue weighted by atomic mass is 16.1. The molecule has 5 heteroatoms. The Morgan fingerprint density at radius 1 is 1.16 bits per heavy atom. The number of carbonyl (C=O) groups is 1. The first-order valence-corrected chi connectivity index (χ1v) is 9.18. The number of nitriles is 1. The molecule has 1 aliphatic heterocycles. The summed E-state index contributed by atoms with van der Waals surface area (Å²) in [4.78, 5) is 16.8. The van der Waals surface area contributed by atoms with Crippen LogP contribution in [0.1, 0.15) is 31.2 Å². The lowest BCUT2D eigenvalue weighted by Gasteiger charge is -2.34. The smallest absolute Gasteiger partial charge is 0.263 e. The van der Waals surface area contributed by atoms with Crippen molar-refractivity contribution in [2.24, 2.45) is 0 Å². The number of nitrogens with zero attached hydrogens (tertiary/aromatic N) is 3. The Labute approximate surface area is 149 Å². The van der Waals surface area contributed by atoms with Gasteiger partial charge < -0.3 is 10.2 Å². The largest absolute Gasteiger partial charge is 0.374 e. The van der Waals surface area contributed by atoms with E-state index in [1.54, 1.807) is 6.20 Å². The fourth-order valence-electron chi connectivity index (χ4n) is 3.55. The van der Waals surface area contributed by atoms with Gasteiger partial charge in [0.05, 0.1) is 0 Å². The van der Waals surface area contributed by atoms with E-state index in [9.17, 15) is 10.1 Å². The molecule has 1 amide bonds.